The molecule has 0 aliphatic rings. The van der Waals surface area contributed by atoms with Crippen molar-refractivity contribution in [3.05, 3.63) is 230 Å². The molecule has 0 aliphatic heterocycles. The Morgan fingerprint density at radius 2 is 0.550 bits per heavy atom. The second-order valence-electron chi connectivity index (χ2n) is 15.9. The van der Waals surface area contributed by atoms with Crippen molar-refractivity contribution < 1.29 is 0 Å². The van der Waals surface area contributed by atoms with Crippen LogP contribution in [0.15, 0.2) is 218 Å². The Balaban J connectivity index is 0.875. The molecule has 0 atom stereocenters. The lowest BCUT2D eigenvalue weighted by molar-refractivity contribution is 0.814. The van der Waals surface area contributed by atoms with E-state index in [-0.39, 0.29) is 0 Å². The molecule has 60 heavy (non-hydrogen) atoms. The Morgan fingerprint density at radius 1 is 0.267 bits per heavy atom. The third-order valence-corrected chi connectivity index (χ3v) is 12.2. The van der Waals surface area contributed by atoms with E-state index in [4.69, 9.17) is 0 Å². The largest absolute Gasteiger partial charge is 0.341 e. The molecule has 0 saturated heterocycles. The van der Waals surface area contributed by atoms with Gasteiger partial charge in [-0.25, -0.2) is 0 Å². The zero-order valence-corrected chi connectivity index (χ0v) is 33.9. The Kier molecular flexibility index (Phi) is 10.5. The molecule has 2 nitrogen and oxygen atoms in total. The van der Waals surface area contributed by atoms with Crippen molar-refractivity contribution in [3.8, 4) is 11.1 Å². The predicted molar refractivity (Wildman–Crippen MR) is 258 cm³/mol. The average molecular weight is 773 g/mol. The Labute approximate surface area is 353 Å². The summed E-state index contributed by atoms with van der Waals surface area (Å²) in [7, 11) is 0. The highest BCUT2D eigenvalue weighted by Gasteiger charge is 2.15. The van der Waals surface area contributed by atoms with Gasteiger partial charge in [-0.05, 0) is 152 Å². The Morgan fingerprint density at radius 3 is 0.883 bits per heavy atom. The van der Waals surface area contributed by atoms with Gasteiger partial charge in [0.15, 0.2) is 0 Å². The summed E-state index contributed by atoms with van der Waals surface area (Å²) in [6.45, 7) is 1.84. The number of anilines is 4. The first-order valence-corrected chi connectivity index (χ1v) is 21.4. The number of para-hydroxylation sites is 2. The van der Waals surface area contributed by atoms with Crippen molar-refractivity contribution in [2.24, 2.45) is 0 Å². The molecule has 0 heterocycles. The summed E-state index contributed by atoms with van der Waals surface area (Å²) in [5.41, 5.74) is 10.2. The van der Waals surface area contributed by atoms with Crippen molar-refractivity contribution in [1.82, 2.24) is 0 Å². The van der Waals surface area contributed by atoms with E-state index in [1.165, 1.54) is 88.1 Å². The third kappa shape index (κ3) is 7.61. The summed E-state index contributed by atoms with van der Waals surface area (Å²) in [6.07, 6.45) is 4.09. The highest BCUT2D eigenvalue weighted by molar-refractivity contribution is 6.03. The number of aryl methyl sites for hydroxylation is 2. The fourth-order valence-electron chi connectivity index (χ4n) is 9.28. The summed E-state index contributed by atoms with van der Waals surface area (Å²) in [5, 5.41) is 10.7. The van der Waals surface area contributed by atoms with Gasteiger partial charge in [0, 0.05) is 35.8 Å². The summed E-state index contributed by atoms with van der Waals surface area (Å²) in [6, 6.07) is 79.9. The minimum absolute atomic E-state index is 0.918. The molecule has 2 heteroatoms. The van der Waals surface area contributed by atoms with E-state index in [2.05, 4.69) is 228 Å². The molecule has 0 spiro atoms. The van der Waals surface area contributed by atoms with Gasteiger partial charge in [0.2, 0.25) is 0 Å². The van der Waals surface area contributed by atoms with Crippen LogP contribution in [-0.2, 0) is 12.8 Å². The van der Waals surface area contributed by atoms with Crippen molar-refractivity contribution in [2.75, 3.05) is 22.9 Å². The molecule has 10 aromatic carbocycles. The van der Waals surface area contributed by atoms with Gasteiger partial charge in [-0.3, -0.25) is 0 Å². The SMILES string of the molecule is c1ccc(N(CCCc2c3ccccc3cc3ccccc23)c2ccc(-c3ccc(N(CCCc4c5ccccc5cc5ccccc45)c4ccccc4)cc3)cc2)cc1. The zero-order valence-electron chi connectivity index (χ0n) is 33.9. The quantitative estimate of drug-likeness (QED) is 0.108. The number of benzene rings is 10. The van der Waals surface area contributed by atoms with Gasteiger partial charge >= 0.3 is 0 Å². The zero-order chi connectivity index (χ0) is 40.1. The highest BCUT2D eigenvalue weighted by Crippen LogP contribution is 2.35. The number of nitrogens with zero attached hydrogens (tertiary/aromatic N) is 2. The third-order valence-electron chi connectivity index (χ3n) is 12.2. The standard InChI is InChI=1S/C58H48N2/c1-3-21-49(22-4-1)59(39-15-29-57-53-25-11-7-17-45(53)41-46-18-8-12-26-54(46)57)51-35-31-43(32-36-51)44-33-37-52(38-34-44)60(50-23-5-2-6-24-50)40-16-30-58-55-27-13-9-19-47(55)42-48-20-10-14-28-56(48)58/h1-14,17-28,31-38,41-42H,15-16,29-30,39-40H2. The molecule has 10 rings (SSSR count). The number of hydrogen-bond acceptors (Lipinski definition) is 2. The minimum Gasteiger partial charge on any atom is -0.341 e. The average Bonchev–Trinajstić information content (AvgIpc) is 3.32. The molecule has 0 aliphatic carbocycles. The second-order valence-corrected chi connectivity index (χ2v) is 15.9. The van der Waals surface area contributed by atoms with Crippen LogP contribution in [0.1, 0.15) is 24.0 Å². The van der Waals surface area contributed by atoms with E-state index in [9.17, 15) is 0 Å². The summed E-state index contributed by atoms with van der Waals surface area (Å²) in [5.74, 6) is 0. The number of rotatable bonds is 13. The van der Waals surface area contributed by atoms with Crippen molar-refractivity contribution in [1.29, 1.82) is 0 Å². The Bertz CT molecular complexity index is 2710. The van der Waals surface area contributed by atoms with Gasteiger partial charge in [-0.2, -0.15) is 0 Å². The van der Waals surface area contributed by atoms with Crippen LogP contribution in [0.3, 0.4) is 0 Å². The predicted octanol–water partition coefficient (Wildman–Crippen LogP) is 15.5. The smallest absolute Gasteiger partial charge is 0.0411 e. The molecule has 0 unspecified atom stereocenters. The van der Waals surface area contributed by atoms with Crippen molar-refractivity contribution in [2.45, 2.75) is 25.7 Å². The van der Waals surface area contributed by atoms with Crippen LogP contribution in [0.5, 0.6) is 0 Å². The Hall–Kier alpha value is -7.16. The molecular weight excluding hydrogens is 725 g/mol. The normalized spacial score (nSPS) is 11.4. The maximum Gasteiger partial charge on any atom is 0.0411 e. The maximum absolute atomic E-state index is 2.47. The van der Waals surface area contributed by atoms with Gasteiger partial charge in [0.05, 0.1) is 0 Å². The molecule has 0 N–H and O–H groups in total. The molecule has 0 saturated carbocycles. The molecule has 0 amide bonds. The molecule has 290 valence electrons. The van der Waals surface area contributed by atoms with Crippen LogP contribution in [0.4, 0.5) is 22.7 Å². The fourth-order valence-corrected chi connectivity index (χ4v) is 9.28. The lowest BCUT2D eigenvalue weighted by Gasteiger charge is -2.26. The van der Waals surface area contributed by atoms with Crippen LogP contribution in [0.25, 0.3) is 54.2 Å². The summed E-state index contributed by atoms with van der Waals surface area (Å²) < 4.78 is 0. The molecule has 0 fully saturated rings. The van der Waals surface area contributed by atoms with Crippen LogP contribution in [-0.4, -0.2) is 13.1 Å². The monoisotopic (exact) mass is 772 g/mol. The van der Waals surface area contributed by atoms with E-state index in [1.807, 2.05) is 0 Å². The van der Waals surface area contributed by atoms with Crippen molar-refractivity contribution in [3.63, 3.8) is 0 Å². The van der Waals surface area contributed by atoms with Gasteiger partial charge in [0.25, 0.3) is 0 Å². The van der Waals surface area contributed by atoms with Gasteiger partial charge in [0.1, 0.15) is 0 Å². The fraction of sp³-hybridized carbons (Fsp3) is 0.103. The van der Waals surface area contributed by atoms with E-state index in [0.717, 1.165) is 38.8 Å². The van der Waals surface area contributed by atoms with Crippen LogP contribution in [0.2, 0.25) is 0 Å². The molecule has 10 aromatic rings. The van der Waals surface area contributed by atoms with Crippen LogP contribution >= 0.6 is 0 Å². The molecule has 0 bridgehead atoms. The first-order chi connectivity index (χ1) is 29.8. The number of fused-ring (bicyclic) bond motifs is 4. The van der Waals surface area contributed by atoms with E-state index >= 15 is 0 Å². The summed E-state index contributed by atoms with van der Waals surface area (Å²) >= 11 is 0. The molecule has 0 aromatic heterocycles. The van der Waals surface area contributed by atoms with Gasteiger partial charge in [-0.15, -0.1) is 0 Å². The lowest BCUT2D eigenvalue weighted by Crippen LogP contribution is -2.19. The van der Waals surface area contributed by atoms with Crippen molar-refractivity contribution >= 4 is 65.8 Å². The van der Waals surface area contributed by atoms with E-state index in [0.29, 0.717) is 0 Å². The van der Waals surface area contributed by atoms with E-state index < -0.39 is 0 Å². The van der Waals surface area contributed by atoms with Crippen LogP contribution in [0, 0.1) is 0 Å². The topological polar surface area (TPSA) is 6.48 Å². The molecular formula is C58H48N2. The van der Waals surface area contributed by atoms with E-state index in [1.54, 1.807) is 0 Å². The first-order valence-electron chi connectivity index (χ1n) is 21.4. The van der Waals surface area contributed by atoms with Gasteiger partial charge < -0.3 is 9.80 Å². The lowest BCUT2D eigenvalue weighted by atomic mass is 9.94. The highest BCUT2D eigenvalue weighted by atomic mass is 15.1. The minimum atomic E-state index is 0.918. The first kappa shape index (κ1) is 37.1. The summed E-state index contributed by atoms with van der Waals surface area (Å²) in [4.78, 5) is 4.94. The maximum atomic E-state index is 2.47. The second kappa shape index (κ2) is 17.0. The molecule has 0 radical (unpaired) electrons. The van der Waals surface area contributed by atoms with Gasteiger partial charge in [-0.1, -0.05) is 158 Å². The number of hydrogen-bond donors (Lipinski definition) is 0. The van der Waals surface area contributed by atoms with Crippen LogP contribution < -0.4 is 9.80 Å².